The van der Waals surface area contributed by atoms with Gasteiger partial charge < -0.3 is 20.0 Å². The fourth-order valence-electron chi connectivity index (χ4n) is 5.81. The van der Waals surface area contributed by atoms with Crippen molar-refractivity contribution >= 4 is 28.0 Å². The van der Waals surface area contributed by atoms with Crippen LogP contribution < -0.4 is 5.32 Å². The number of aliphatic hydroxyl groups excluding tert-OH is 1. The summed E-state index contributed by atoms with van der Waals surface area (Å²) >= 11 is 0. The van der Waals surface area contributed by atoms with Crippen LogP contribution in [-0.2, 0) is 11.2 Å². The standard InChI is InChI=1S/C25H32N6O2/c26-11-9-16-3-7-19(8-4-16)31-22(13-23(33)29-18-5-1-17(15-32)2-6-18)30-21-14-28-25-20(24(21)31)10-12-27-25/h10,12,14,16-19,32H,1-9,13,15H2,(H,27,28)(H,29,33)/t16-,17-,18-,19-. The second kappa shape index (κ2) is 9.52. The summed E-state index contributed by atoms with van der Waals surface area (Å²) in [5.74, 6) is 1.65. The minimum atomic E-state index is 0.00967. The van der Waals surface area contributed by atoms with Crippen molar-refractivity contribution in [2.45, 2.75) is 76.3 Å². The van der Waals surface area contributed by atoms with Gasteiger partial charge in [0, 0.05) is 36.7 Å². The Hall–Kier alpha value is -2.92. The van der Waals surface area contributed by atoms with Gasteiger partial charge in [-0.05, 0) is 69.3 Å². The van der Waals surface area contributed by atoms with Gasteiger partial charge in [-0.25, -0.2) is 9.97 Å². The summed E-state index contributed by atoms with van der Waals surface area (Å²) in [7, 11) is 0. The molecule has 8 heteroatoms. The number of imidazole rings is 1. The number of carbonyl (C=O) groups is 1. The van der Waals surface area contributed by atoms with Gasteiger partial charge in [0.05, 0.1) is 24.2 Å². The lowest BCUT2D eigenvalue weighted by Gasteiger charge is -2.30. The molecule has 0 unspecified atom stereocenters. The first-order valence-corrected chi connectivity index (χ1v) is 12.3. The maximum atomic E-state index is 13.0. The van der Waals surface area contributed by atoms with Crippen LogP contribution in [0.3, 0.4) is 0 Å². The van der Waals surface area contributed by atoms with Gasteiger partial charge in [-0.1, -0.05) is 0 Å². The largest absolute Gasteiger partial charge is 0.396 e. The molecule has 0 spiro atoms. The molecule has 1 amide bonds. The van der Waals surface area contributed by atoms with Gasteiger partial charge in [0.2, 0.25) is 5.91 Å². The van der Waals surface area contributed by atoms with E-state index in [1.54, 1.807) is 6.20 Å². The first kappa shape index (κ1) is 21.9. The molecule has 0 bridgehead atoms. The second-order valence-corrected chi connectivity index (χ2v) is 9.81. The number of hydrogen-bond acceptors (Lipinski definition) is 5. The van der Waals surface area contributed by atoms with Crippen LogP contribution >= 0.6 is 0 Å². The van der Waals surface area contributed by atoms with Gasteiger partial charge >= 0.3 is 0 Å². The van der Waals surface area contributed by atoms with Gasteiger partial charge in [0.1, 0.15) is 17.0 Å². The number of aromatic nitrogens is 4. The lowest BCUT2D eigenvalue weighted by Crippen LogP contribution is -2.39. The number of nitriles is 1. The Balaban J connectivity index is 1.40. The molecule has 0 aromatic carbocycles. The molecule has 3 N–H and O–H groups in total. The van der Waals surface area contributed by atoms with Crippen molar-refractivity contribution in [3.8, 4) is 6.07 Å². The van der Waals surface area contributed by atoms with Crippen molar-refractivity contribution in [3.05, 3.63) is 24.3 Å². The fourth-order valence-corrected chi connectivity index (χ4v) is 5.81. The molecule has 2 aliphatic carbocycles. The van der Waals surface area contributed by atoms with Crippen LogP contribution in [0.5, 0.6) is 0 Å². The molecule has 2 fully saturated rings. The number of fused-ring (bicyclic) bond motifs is 3. The highest BCUT2D eigenvalue weighted by molar-refractivity contribution is 6.01. The smallest absolute Gasteiger partial charge is 0.227 e. The average Bonchev–Trinajstić information content (AvgIpc) is 3.44. The second-order valence-electron chi connectivity index (χ2n) is 9.81. The third-order valence-electron chi connectivity index (χ3n) is 7.66. The van der Waals surface area contributed by atoms with E-state index >= 15 is 0 Å². The van der Waals surface area contributed by atoms with Crippen LogP contribution in [0.4, 0.5) is 0 Å². The molecule has 0 saturated heterocycles. The minimum Gasteiger partial charge on any atom is -0.396 e. The highest BCUT2D eigenvalue weighted by Crippen LogP contribution is 2.38. The van der Waals surface area contributed by atoms with E-state index in [0.717, 1.165) is 79.3 Å². The summed E-state index contributed by atoms with van der Waals surface area (Å²) in [6.07, 6.45) is 12.4. The normalized spacial score (nSPS) is 25.8. The van der Waals surface area contributed by atoms with Gasteiger partial charge in [0.25, 0.3) is 0 Å². The van der Waals surface area contributed by atoms with Crippen LogP contribution in [0.1, 0.15) is 69.7 Å². The van der Waals surface area contributed by atoms with Crippen molar-refractivity contribution in [1.29, 1.82) is 5.26 Å². The van der Waals surface area contributed by atoms with E-state index in [0.29, 0.717) is 18.3 Å². The number of pyridine rings is 1. The van der Waals surface area contributed by atoms with Gasteiger partial charge in [-0.15, -0.1) is 0 Å². The van der Waals surface area contributed by atoms with Crippen LogP contribution in [0.25, 0.3) is 22.1 Å². The quantitative estimate of drug-likeness (QED) is 0.530. The molecule has 33 heavy (non-hydrogen) atoms. The Morgan fingerprint density at radius 3 is 2.67 bits per heavy atom. The van der Waals surface area contributed by atoms with Crippen LogP contribution in [0.2, 0.25) is 0 Å². The Morgan fingerprint density at radius 2 is 1.94 bits per heavy atom. The van der Waals surface area contributed by atoms with Crippen LogP contribution in [0, 0.1) is 23.2 Å². The number of carbonyl (C=O) groups excluding carboxylic acids is 1. The molecule has 3 aromatic heterocycles. The Kier molecular flexibility index (Phi) is 6.32. The monoisotopic (exact) mass is 448 g/mol. The number of aliphatic hydroxyl groups is 1. The SMILES string of the molecule is N#CC[C@H]1CC[C@H](n2c(CC(=O)N[C@H]3CC[C@H](CO)CC3)nc3cnc4[nH]ccc4c32)CC1. The van der Waals surface area contributed by atoms with E-state index in [1.807, 2.05) is 12.3 Å². The van der Waals surface area contributed by atoms with Crippen molar-refractivity contribution < 1.29 is 9.90 Å². The summed E-state index contributed by atoms with van der Waals surface area (Å²) in [6, 6.07) is 4.81. The highest BCUT2D eigenvalue weighted by atomic mass is 16.3. The van der Waals surface area contributed by atoms with Crippen LogP contribution in [-0.4, -0.2) is 43.2 Å². The van der Waals surface area contributed by atoms with Crippen LogP contribution in [0.15, 0.2) is 18.5 Å². The third kappa shape index (κ3) is 4.47. The Bertz CT molecular complexity index is 1160. The van der Waals surface area contributed by atoms with Crippen molar-refractivity contribution in [1.82, 2.24) is 24.8 Å². The predicted molar refractivity (Wildman–Crippen MR) is 125 cm³/mol. The molecule has 0 aliphatic heterocycles. The van der Waals surface area contributed by atoms with E-state index in [-0.39, 0.29) is 31.0 Å². The molecule has 0 radical (unpaired) electrons. The lowest BCUT2D eigenvalue weighted by atomic mass is 9.84. The van der Waals surface area contributed by atoms with E-state index < -0.39 is 0 Å². The third-order valence-corrected chi connectivity index (χ3v) is 7.66. The summed E-state index contributed by atoms with van der Waals surface area (Å²) in [5.41, 5.74) is 2.71. The average molecular weight is 449 g/mol. The molecule has 8 nitrogen and oxygen atoms in total. The molecule has 2 aliphatic rings. The molecule has 2 saturated carbocycles. The molecule has 174 valence electrons. The summed E-state index contributed by atoms with van der Waals surface area (Å²) < 4.78 is 2.29. The number of nitrogens with one attached hydrogen (secondary N) is 2. The first-order valence-electron chi connectivity index (χ1n) is 12.3. The Morgan fingerprint density at radius 1 is 1.18 bits per heavy atom. The zero-order chi connectivity index (χ0) is 22.8. The van der Waals surface area contributed by atoms with Gasteiger partial charge in [-0.2, -0.15) is 5.26 Å². The zero-order valence-electron chi connectivity index (χ0n) is 19.0. The van der Waals surface area contributed by atoms with E-state index in [2.05, 4.69) is 25.9 Å². The summed E-state index contributed by atoms with van der Waals surface area (Å²) in [6.45, 7) is 0.239. The molecule has 3 heterocycles. The number of amides is 1. The number of H-pyrrole nitrogens is 1. The minimum absolute atomic E-state index is 0.00967. The zero-order valence-corrected chi connectivity index (χ0v) is 19.0. The lowest BCUT2D eigenvalue weighted by molar-refractivity contribution is -0.121. The number of nitrogens with zero attached hydrogens (tertiary/aromatic N) is 4. The van der Waals surface area contributed by atoms with Crippen molar-refractivity contribution in [3.63, 3.8) is 0 Å². The number of rotatable bonds is 6. The molecule has 3 aromatic rings. The Labute approximate surface area is 193 Å². The van der Waals surface area contributed by atoms with Gasteiger partial charge in [0.15, 0.2) is 0 Å². The topological polar surface area (TPSA) is 120 Å². The highest BCUT2D eigenvalue weighted by Gasteiger charge is 2.28. The van der Waals surface area contributed by atoms with E-state index in [4.69, 9.17) is 10.2 Å². The first-order chi connectivity index (χ1) is 16.2. The summed E-state index contributed by atoms with van der Waals surface area (Å²) in [5, 5.41) is 22.7. The van der Waals surface area contributed by atoms with Gasteiger partial charge in [-0.3, -0.25) is 4.79 Å². The fraction of sp³-hybridized carbons (Fsp3) is 0.600. The van der Waals surface area contributed by atoms with Crippen molar-refractivity contribution in [2.75, 3.05) is 6.61 Å². The molecular formula is C25H32N6O2. The van der Waals surface area contributed by atoms with E-state index in [9.17, 15) is 9.90 Å². The number of hydrogen-bond donors (Lipinski definition) is 3. The predicted octanol–water partition coefficient (Wildman–Crippen LogP) is 3.77. The maximum Gasteiger partial charge on any atom is 0.227 e. The van der Waals surface area contributed by atoms with E-state index in [1.165, 1.54) is 0 Å². The molecule has 5 rings (SSSR count). The maximum absolute atomic E-state index is 13.0. The van der Waals surface area contributed by atoms with Crippen molar-refractivity contribution in [2.24, 2.45) is 11.8 Å². The molecule has 0 atom stereocenters. The number of aromatic amines is 1. The molecular weight excluding hydrogens is 416 g/mol. The summed E-state index contributed by atoms with van der Waals surface area (Å²) in [4.78, 5) is 25.6.